The number of hydrogen-bond acceptors (Lipinski definition) is 9. The highest BCUT2D eigenvalue weighted by Crippen LogP contribution is 2.67. The lowest BCUT2D eigenvalue weighted by atomic mass is 10.1. The Bertz CT molecular complexity index is 2000. The molecule has 0 heterocycles. The van der Waals surface area contributed by atoms with Crippen LogP contribution in [0.25, 0.3) is 5.57 Å². The number of ether oxygens (including phenoxy) is 3. The number of allylic oxidation sites excluding steroid dienone is 1. The first-order valence-corrected chi connectivity index (χ1v) is 18.3. The van der Waals surface area contributed by atoms with Gasteiger partial charge in [-0.05, 0) is 42.3 Å². The summed E-state index contributed by atoms with van der Waals surface area (Å²) in [4.78, 5) is 37.6. The molecule has 0 atom stereocenters. The second-order valence-corrected chi connectivity index (χ2v) is 14.9. The fourth-order valence-corrected chi connectivity index (χ4v) is 6.93. The van der Waals surface area contributed by atoms with Gasteiger partial charge in [0.15, 0.2) is 5.75 Å². The standard InChI is InChI=1S/C33H20Cl7F2O9P/c1-17(14-24(43)51-30-28(39)26(37)25(36)27(38)29(30)40)18-10-12-19(13-11-18)33(41,42)52(46,49-15-47-31(44)20-6-2-4-8-22(20)34)50-16-48-32(45)21-7-3-5-9-23(21)35/h2-14H,15-16H2,1H3/b17-14+. The molecule has 0 bridgehead atoms. The summed E-state index contributed by atoms with van der Waals surface area (Å²) in [6.45, 7) is -1.11. The van der Waals surface area contributed by atoms with Crippen LogP contribution in [0.4, 0.5) is 8.78 Å². The number of hydrogen-bond donors (Lipinski definition) is 0. The lowest BCUT2D eigenvalue weighted by Gasteiger charge is -2.26. The van der Waals surface area contributed by atoms with E-state index in [0.29, 0.717) is 0 Å². The molecule has 0 aliphatic carbocycles. The van der Waals surface area contributed by atoms with Crippen molar-refractivity contribution in [3.8, 4) is 5.75 Å². The van der Waals surface area contributed by atoms with Gasteiger partial charge < -0.3 is 14.2 Å². The Morgan fingerprint density at radius 2 is 1.10 bits per heavy atom. The summed E-state index contributed by atoms with van der Waals surface area (Å²) < 4.78 is 70.4. The van der Waals surface area contributed by atoms with Crippen molar-refractivity contribution in [2.45, 2.75) is 12.6 Å². The van der Waals surface area contributed by atoms with E-state index >= 15 is 8.78 Å². The molecule has 4 aromatic rings. The van der Waals surface area contributed by atoms with Gasteiger partial charge in [-0.25, -0.2) is 14.4 Å². The molecule has 0 N–H and O–H groups in total. The van der Waals surface area contributed by atoms with E-state index in [2.05, 4.69) is 0 Å². The van der Waals surface area contributed by atoms with Gasteiger partial charge in [-0.2, -0.15) is 8.78 Å². The Hall–Kier alpha value is -2.93. The summed E-state index contributed by atoms with van der Waals surface area (Å²) in [5.74, 6) is -3.52. The summed E-state index contributed by atoms with van der Waals surface area (Å²) >= 11 is 42.1. The molecule has 0 fully saturated rings. The van der Waals surface area contributed by atoms with Crippen LogP contribution >= 0.6 is 88.8 Å². The quantitative estimate of drug-likeness (QED) is 0.0246. The molecule has 0 spiro atoms. The first-order chi connectivity index (χ1) is 24.5. The number of benzene rings is 4. The topological polar surface area (TPSA) is 114 Å². The second kappa shape index (κ2) is 17.9. The van der Waals surface area contributed by atoms with E-state index in [1.165, 1.54) is 55.5 Å². The van der Waals surface area contributed by atoms with E-state index in [1.807, 2.05) is 0 Å². The molecule has 4 aromatic carbocycles. The monoisotopic (exact) mass is 874 g/mol. The van der Waals surface area contributed by atoms with Crippen LogP contribution in [0.2, 0.25) is 35.2 Å². The zero-order valence-electron chi connectivity index (χ0n) is 25.9. The SMILES string of the molecule is C/C(=C\C(=O)Oc1c(Cl)c(Cl)c(Cl)c(Cl)c1Cl)c1ccc(C(F)(F)P(=O)(OCOC(=O)c2ccccc2Cl)OCOC(=O)c2ccccc2Cl)cc1. The number of rotatable bonds is 13. The fraction of sp³-hybridized carbons (Fsp3) is 0.121. The van der Waals surface area contributed by atoms with Crippen molar-refractivity contribution in [2.24, 2.45) is 0 Å². The Morgan fingerprint density at radius 1 is 0.673 bits per heavy atom. The number of esters is 3. The van der Waals surface area contributed by atoms with Crippen molar-refractivity contribution < 1.29 is 51.0 Å². The molecule has 0 radical (unpaired) electrons. The van der Waals surface area contributed by atoms with Crippen LogP contribution in [0, 0.1) is 0 Å². The minimum atomic E-state index is -5.68. The van der Waals surface area contributed by atoms with Crippen LogP contribution in [-0.4, -0.2) is 31.5 Å². The van der Waals surface area contributed by atoms with Gasteiger partial charge in [-0.1, -0.05) is 130 Å². The summed E-state index contributed by atoms with van der Waals surface area (Å²) in [6, 6.07) is 15.5. The predicted molar refractivity (Wildman–Crippen MR) is 194 cm³/mol. The minimum Gasteiger partial charge on any atom is -0.434 e. The van der Waals surface area contributed by atoms with Crippen molar-refractivity contribution in [3.63, 3.8) is 0 Å². The molecule has 274 valence electrons. The largest absolute Gasteiger partial charge is 0.434 e. The van der Waals surface area contributed by atoms with Crippen molar-refractivity contribution >= 4 is 112 Å². The van der Waals surface area contributed by atoms with Crippen molar-refractivity contribution in [2.75, 3.05) is 13.6 Å². The van der Waals surface area contributed by atoms with Gasteiger partial charge in [0.05, 0.1) is 36.2 Å². The molecule has 52 heavy (non-hydrogen) atoms. The number of halogens is 9. The summed E-state index contributed by atoms with van der Waals surface area (Å²) in [7, 11) is -5.68. The molecular formula is C33H20Cl7F2O9P. The Morgan fingerprint density at radius 3 is 1.54 bits per heavy atom. The minimum absolute atomic E-state index is 0.00665. The maximum absolute atomic E-state index is 16.0. The van der Waals surface area contributed by atoms with Gasteiger partial charge in [-0.15, -0.1) is 0 Å². The van der Waals surface area contributed by atoms with Crippen molar-refractivity contribution in [1.82, 2.24) is 0 Å². The molecule has 0 amide bonds. The van der Waals surface area contributed by atoms with Crippen LogP contribution in [0.1, 0.15) is 38.8 Å². The summed E-state index contributed by atoms with van der Waals surface area (Å²) in [5, 5.41) is -1.14. The maximum atomic E-state index is 16.0. The molecule has 4 rings (SSSR count). The number of alkyl halides is 2. The lowest BCUT2D eigenvalue weighted by Crippen LogP contribution is -2.21. The highest BCUT2D eigenvalue weighted by Gasteiger charge is 2.56. The molecule has 19 heteroatoms. The maximum Gasteiger partial charge on any atom is 0.410 e. The normalized spacial score (nSPS) is 12.0. The number of carbonyl (C=O) groups is 3. The van der Waals surface area contributed by atoms with E-state index in [-0.39, 0.29) is 63.2 Å². The zero-order valence-corrected chi connectivity index (χ0v) is 32.1. The van der Waals surface area contributed by atoms with Crippen LogP contribution < -0.4 is 4.74 Å². The van der Waals surface area contributed by atoms with Gasteiger partial charge in [0.25, 0.3) is 0 Å². The third-order valence-corrected chi connectivity index (χ3v) is 11.5. The molecular weight excluding hydrogens is 857 g/mol. The third kappa shape index (κ3) is 9.59. The summed E-state index contributed by atoms with van der Waals surface area (Å²) in [6.07, 6.45) is 0.994. The Balaban J connectivity index is 1.54. The predicted octanol–water partition coefficient (Wildman–Crippen LogP) is 12.2. The molecule has 0 aromatic heterocycles. The van der Waals surface area contributed by atoms with Gasteiger partial charge in [0.1, 0.15) is 10.0 Å². The second-order valence-electron chi connectivity index (χ2n) is 10.1. The molecule has 0 aliphatic heterocycles. The average Bonchev–Trinajstić information content (AvgIpc) is 3.12. The van der Waals surface area contributed by atoms with Crippen molar-refractivity contribution in [3.05, 3.63) is 136 Å². The summed E-state index contributed by atoms with van der Waals surface area (Å²) in [5.41, 5.74) is -5.13. The highest BCUT2D eigenvalue weighted by atomic mass is 35.5. The van der Waals surface area contributed by atoms with E-state index in [9.17, 15) is 18.9 Å². The van der Waals surface area contributed by atoms with Gasteiger partial charge in [0, 0.05) is 11.6 Å². The van der Waals surface area contributed by atoms with Gasteiger partial charge in [-0.3, -0.25) is 13.6 Å². The molecule has 0 saturated heterocycles. The van der Waals surface area contributed by atoms with Crippen LogP contribution in [-0.2, 0) is 33.5 Å². The third-order valence-electron chi connectivity index (χ3n) is 6.75. The average molecular weight is 878 g/mol. The number of carbonyl (C=O) groups excluding carboxylic acids is 3. The van der Waals surface area contributed by atoms with Gasteiger partial charge in [0.2, 0.25) is 13.6 Å². The highest BCUT2D eigenvalue weighted by molar-refractivity contribution is 7.54. The Labute approximate surface area is 329 Å². The smallest absolute Gasteiger partial charge is 0.410 e. The van der Waals surface area contributed by atoms with E-state index in [4.69, 9.17) is 104 Å². The van der Waals surface area contributed by atoms with Gasteiger partial charge >= 0.3 is 31.2 Å². The van der Waals surface area contributed by atoms with Crippen molar-refractivity contribution in [1.29, 1.82) is 0 Å². The van der Waals surface area contributed by atoms with E-state index in [0.717, 1.165) is 30.3 Å². The van der Waals surface area contributed by atoms with Crippen LogP contribution in [0.3, 0.4) is 0 Å². The molecule has 0 saturated carbocycles. The van der Waals surface area contributed by atoms with Crippen LogP contribution in [0.5, 0.6) is 5.75 Å². The molecule has 0 unspecified atom stereocenters. The van der Waals surface area contributed by atoms with E-state index < -0.39 is 50.3 Å². The fourth-order valence-electron chi connectivity index (χ4n) is 4.06. The first kappa shape index (κ1) is 41.8. The molecule has 9 nitrogen and oxygen atoms in total. The van der Waals surface area contributed by atoms with E-state index in [1.54, 1.807) is 0 Å². The zero-order chi connectivity index (χ0) is 38.4. The molecule has 0 aliphatic rings. The Kier molecular flexibility index (Phi) is 14.4. The van der Waals surface area contributed by atoms with Crippen LogP contribution in [0.15, 0.2) is 78.9 Å². The lowest BCUT2D eigenvalue weighted by molar-refractivity contribution is -0.128. The first-order valence-electron chi connectivity index (χ1n) is 14.1.